The average molecular weight is 328 g/mol. The van der Waals surface area contributed by atoms with E-state index in [1.165, 1.54) is 12.1 Å². The van der Waals surface area contributed by atoms with Crippen molar-refractivity contribution >= 4 is 10.0 Å². The van der Waals surface area contributed by atoms with Crippen LogP contribution in [0, 0.1) is 5.82 Å². The molecule has 2 aromatic carbocycles. The van der Waals surface area contributed by atoms with Crippen LogP contribution in [0.5, 0.6) is 0 Å². The average Bonchev–Trinajstić information content (AvgIpc) is 2.54. The Kier molecular flexibility index (Phi) is 3.94. The molecule has 1 heterocycles. The molecule has 0 saturated carbocycles. The molecule has 116 valence electrons. The number of primary sulfonamides is 1. The van der Waals surface area contributed by atoms with Crippen LogP contribution in [0.2, 0.25) is 0 Å². The number of hydrogen-bond acceptors (Lipinski definition) is 3. The van der Waals surface area contributed by atoms with Crippen molar-refractivity contribution in [3.63, 3.8) is 0 Å². The molecule has 0 aliphatic rings. The minimum Gasteiger partial charge on any atom is -0.256 e. The van der Waals surface area contributed by atoms with Gasteiger partial charge in [-0.2, -0.15) is 0 Å². The van der Waals surface area contributed by atoms with E-state index >= 15 is 0 Å². The number of hydrogen-bond donors (Lipinski definition) is 1. The summed E-state index contributed by atoms with van der Waals surface area (Å²) >= 11 is 0. The lowest BCUT2D eigenvalue weighted by Crippen LogP contribution is -2.12. The van der Waals surface area contributed by atoms with Crippen LogP contribution in [0.25, 0.3) is 22.4 Å². The number of halogens is 1. The van der Waals surface area contributed by atoms with Gasteiger partial charge in [0.05, 0.1) is 10.6 Å². The van der Waals surface area contributed by atoms with Crippen molar-refractivity contribution in [1.82, 2.24) is 4.98 Å². The number of benzene rings is 2. The second kappa shape index (κ2) is 5.91. The first-order valence-electron chi connectivity index (χ1n) is 6.79. The van der Waals surface area contributed by atoms with Crippen LogP contribution in [-0.2, 0) is 10.0 Å². The highest BCUT2D eigenvalue weighted by Crippen LogP contribution is 2.31. The fourth-order valence-corrected chi connectivity index (χ4v) is 2.92. The number of pyridine rings is 1. The minimum atomic E-state index is -4.00. The zero-order chi connectivity index (χ0) is 16.4. The molecule has 0 bridgehead atoms. The summed E-state index contributed by atoms with van der Waals surface area (Å²) in [5.41, 5.74) is 2.52. The van der Waals surface area contributed by atoms with Gasteiger partial charge in [-0.1, -0.05) is 36.4 Å². The Bertz CT molecular complexity index is 957. The summed E-state index contributed by atoms with van der Waals surface area (Å²) in [5, 5.41) is 5.11. The molecule has 23 heavy (non-hydrogen) atoms. The smallest absolute Gasteiger partial charge is 0.238 e. The van der Waals surface area contributed by atoms with Crippen molar-refractivity contribution in [1.29, 1.82) is 0 Å². The first kappa shape index (κ1) is 15.3. The van der Waals surface area contributed by atoms with Crippen molar-refractivity contribution in [3.8, 4) is 22.4 Å². The van der Waals surface area contributed by atoms with Crippen molar-refractivity contribution in [3.05, 3.63) is 72.7 Å². The van der Waals surface area contributed by atoms with Crippen molar-refractivity contribution in [2.75, 3.05) is 0 Å². The second-order valence-electron chi connectivity index (χ2n) is 4.99. The molecule has 0 radical (unpaired) electrons. The quantitative estimate of drug-likeness (QED) is 0.802. The molecule has 3 rings (SSSR count). The van der Waals surface area contributed by atoms with Gasteiger partial charge in [0.1, 0.15) is 5.82 Å². The highest BCUT2D eigenvalue weighted by Gasteiger charge is 2.15. The van der Waals surface area contributed by atoms with E-state index in [2.05, 4.69) is 4.98 Å². The van der Waals surface area contributed by atoms with Gasteiger partial charge in [0.25, 0.3) is 0 Å². The summed E-state index contributed by atoms with van der Waals surface area (Å²) in [7, 11) is -4.00. The molecule has 0 unspecified atom stereocenters. The Hall–Kier alpha value is -2.57. The zero-order valence-corrected chi connectivity index (χ0v) is 12.8. The van der Waals surface area contributed by atoms with Crippen molar-refractivity contribution in [2.45, 2.75) is 4.90 Å². The predicted molar refractivity (Wildman–Crippen MR) is 86.4 cm³/mol. The molecule has 0 fully saturated rings. The summed E-state index contributed by atoms with van der Waals surface area (Å²) in [4.78, 5) is 4.01. The fourth-order valence-electron chi connectivity index (χ4n) is 2.35. The summed E-state index contributed by atoms with van der Waals surface area (Å²) < 4.78 is 36.9. The minimum absolute atomic E-state index is 0.280. The zero-order valence-electron chi connectivity index (χ0n) is 12.0. The van der Waals surface area contributed by atoms with E-state index in [0.717, 1.165) is 17.2 Å². The lowest BCUT2D eigenvalue weighted by Gasteiger charge is -2.10. The van der Waals surface area contributed by atoms with E-state index in [0.29, 0.717) is 11.3 Å². The van der Waals surface area contributed by atoms with Crippen LogP contribution in [-0.4, -0.2) is 13.4 Å². The van der Waals surface area contributed by atoms with E-state index in [9.17, 15) is 12.8 Å². The van der Waals surface area contributed by atoms with Gasteiger partial charge in [-0.25, -0.2) is 17.9 Å². The van der Waals surface area contributed by atoms with E-state index in [1.54, 1.807) is 12.3 Å². The third kappa shape index (κ3) is 3.28. The monoisotopic (exact) mass is 328 g/mol. The van der Waals surface area contributed by atoms with Gasteiger partial charge >= 0.3 is 0 Å². The van der Waals surface area contributed by atoms with Crippen LogP contribution in [0.15, 0.2) is 71.8 Å². The number of rotatable bonds is 3. The SMILES string of the molecule is NS(=O)(=O)c1cc(F)cc(-c2ncccc2-c2ccccc2)c1. The third-order valence-electron chi connectivity index (χ3n) is 3.37. The normalized spacial score (nSPS) is 11.4. The van der Waals surface area contributed by atoms with Gasteiger partial charge in [0.2, 0.25) is 10.0 Å². The van der Waals surface area contributed by atoms with E-state index in [4.69, 9.17) is 5.14 Å². The molecule has 0 amide bonds. The van der Waals surface area contributed by atoms with Gasteiger partial charge in [-0.05, 0) is 29.8 Å². The van der Waals surface area contributed by atoms with E-state index in [1.807, 2.05) is 36.4 Å². The first-order valence-corrected chi connectivity index (χ1v) is 8.34. The van der Waals surface area contributed by atoms with Gasteiger partial charge in [0, 0.05) is 17.3 Å². The number of nitrogens with two attached hydrogens (primary N) is 1. The maximum Gasteiger partial charge on any atom is 0.238 e. The molecular weight excluding hydrogens is 315 g/mol. The largest absolute Gasteiger partial charge is 0.256 e. The molecule has 4 nitrogen and oxygen atoms in total. The van der Waals surface area contributed by atoms with Crippen LogP contribution >= 0.6 is 0 Å². The molecule has 0 spiro atoms. The Morgan fingerprint density at radius 2 is 1.65 bits per heavy atom. The van der Waals surface area contributed by atoms with Crippen LogP contribution in [0.1, 0.15) is 0 Å². The molecular formula is C17H13FN2O2S. The maximum atomic E-state index is 13.8. The highest BCUT2D eigenvalue weighted by molar-refractivity contribution is 7.89. The number of aromatic nitrogens is 1. The topological polar surface area (TPSA) is 73.1 Å². The Labute approximate surface area is 133 Å². The lowest BCUT2D eigenvalue weighted by atomic mass is 9.99. The van der Waals surface area contributed by atoms with Crippen molar-refractivity contribution in [2.24, 2.45) is 5.14 Å². The molecule has 2 N–H and O–H groups in total. The molecule has 3 aromatic rings. The number of nitrogens with zero attached hydrogens (tertiary/aromatic N) is 1. The predicted octanol–water partition coefficient (Wildman–Crippen LogP) is 3.20. The van der Waals surface area contributed by atoms with Gasteiger partial charge in [0.15, 0.2) is 0 Å². The Balaban J connectivity index is 2.23. The second-order valence-corrected chi connectivity index (χ2v) is 6.55. The van der Waals surface area contributed by atoms with Crippen LogP contribution in [0.4, 0.5) is 4.39 Å². The molecule has 0 aliphatic heterocycles. The molecule has 6 heteroatoms. The first-order chi connectivity index (χ1) is 10.9. The maximum absolute atomic E-state index is 13.8. The molecule has 0 atom stereocenters. The van der Waals surface area contributed by atoms with Crippen LogP contribution < -0.4 is 5.14 Å². The lowest BCUT2D eigenvalue weighted by molar-refractivity contribution is 0.592. The van der Waals surface area contributed by atoms with Crippen LogP contribution in [0.3, 0.4) is 0 Å². The molecule has 0 saturated heterocycles. The molecule has 0 aliphatic carbocycles. The standard InChI is InChI=1S/C17H13FN2O2S/c18-14-9-13(10-15(11-14)23(19,21)22)17-16(7-4-8-20-17)12-5-2-1-3-6-12/h1-11H,(H2,19,21,22). The van der Waals surface area contributed by atoms with Gasteiger partial charge in [-0.3, -0.25) is 4.98 Å². The third-order valence-corrected chi connectivity index (χ3v) is 4.26. The summed E-state index contributed by atoms with van der Waals surface area (Å²) in [5.74, 6) is -0.684. The Morgan fingerprint density at radius 3 is 2.35 bits per heavy atom. The summed E-state index contributed by atoms with van der Waals surface area (Å²) in [6.07, 6.45) is 1.57. The van der Waals surface area contributed by atoms with Crippen molar-refractivity contribution < 1.29 is 12.8 Å². The highest BCUT2D eigenvalue weighted by atomic mass is 32.2. The van der Waals surface area contributed by atoms with E-state index < -0.39 is 15.8 Å². The summed E-state index contributed by atoms with van der Waals surface area (Å²) in [6.45, 7) is 0. The van der Waals surface area contributed by atoms with Gasteiger partial charge in [-0.15, -0.1) is 0 Å². The Morgan fingerprint density at radius 1 is 0.913 bits per heavy atom. The summed E-state index contributed by atoms with van der Waals surface area (Å²) in [6, 6.07) is 16.5. The number of sulfonamides is 1. The molecule has 1 aromatic heterocycles. The fraction of sp³-hybridized carbons (Fsp3) is 0. The van der Waals surface area contributed by atoms with E-state index in [-0.39, 0.29) is 4.90 Å². The van der Waals surface area contributed by atoms with Gasteiger partial charge < -0.3 is 0 Å².